The fraction of sp³-hybridized carbons (Fsp3) is 0.909. The number of hydrogen-bond acceptors (Lipinski definition) is 5. The zero-order valence-electron chi connectivity index (χ0n) is 26.1. The summed E-state index contributed by atoms with van der Waals surface area (Å²) in [5.41, 5.74) is -1.41. The molecule has 0 aliphatic rings. The molecule has 0 saturated carbocycles. The zero-order valence-corrected chi connectivity index (χ0v) is 26.1. The number of ketones is 1. The molecule has 1 atom stereocenters. The maximum Gasteiger partial charge on any atom is 0.341 e. The summed E-state index contributed by atoms with van der Waals surface area (Å²) in [6, 6.07) is 0. The molecule has 0 aromatic heterocycles. The molecule has 0 amide bonds. The molecule has 1 unspecified atom stereocenters. The summed E-state index contributed by atoms with van der Waals surface area (Å²) in [6.45, 7) is 6.08. The van der Waals surface area contributed by atoms with Crippen LogP contribution >= 0.6 is 0 Å². The molecule has 0 bridgehead atoms. The van der Waals surface area contributed by atoms with Crippen molar-refractivity contribution in [2.75, 3.05) is 14.1 Å². The predicted molar refractivity (Wildman–Crippen MR) is 160 cm³/mol. The average Bonchev–Trinajstić information content (AvgIpc) is 2.89. The summed E-state index contributed by atoms with van der Waals surface area (Å²) < 4.78 is 5.16. The van der Waals surface area contributed by atoms with Gasteiger partial charge in [-0.05, 0) is 33.9 Å². The highest BCUT2D eigenvalue weighted by Gasteiger charge is 2.45. The van der Waals surface area contributed by atoms with Crippen LogP contribution in [0.25, 0.3) is 0 Å². The van der Waals surface area contributed by atoms with Crippen molar-refractivity contribution in [1.82, 2.24) is 4.90 Å². The first-order valence-corrected chi connectivity index (χ1v) is 16.3. The summed E-state index contributed by atoms with van der Waals surface area (Å²) in [6.07, 6.45) is 27.2. The third kappa shape index (κ3) is 18.1. The van der Waals surface area contributed by atoms with E-state index >= 15 is 0 Å². The molecular weight excluding hydrogens is 474 g/mol. The molecule has 0 rings (SSSR count). The van der Waals surface area contributed by atoms with E-state index in [-0.39, 0.29) is 12.2 Å². The minimum absolute atomic E-state index is 0.161. The van der Waals surface area contributed by atoms with E-state index in [1.807, 2.05) is 0 Å². The quantitative estimate of drug-likeness (QED) is 0.0593. The minimum Gasteiger partial charge on any atom is -0.391 e. The van der Waals surface area contributed by atoms with Gasteiger partial charge in [-0.25, -0.2) is 4.79 Å². The molecule has 0 radical (unpaired) electrons. The number of esters is 2. The monoisotopic (exact) mass is 537 g/mol. The van der Waals surface area contributed by atoms with E-state index in [4.69, 9.17) is 4.74 Å². The van der Waals surface area contributed by atoms with Crippen LogP contribution in [0.5, 0.6) is 0 Å². The zero-order chi connectivity index (χ0) is 28.5. The van der Waals surface area contributed by atoms with E-state index in [9.17, 15) is 14.4 Å². The van der Waals surface area contributed by atoms with E-state index in [1.54, 1.807) is 25.9 Å². The standard InChI is InChI=1S/C33H63NO4/c1-6-8-10-12-14-16-18-20-22-24-26-28-30(35)33(3,34(4)5)32(37)38-31(36)29-27-25-23-21-19-17-15-13-11-9-7-2/h6-29H2,1-5H3. The molecule has 0 saturated heterocycles. The van der Waals surface area contributed by atoms with Gasteiger partial charge in [-0.2, -0.15) is 0 Å². The Kier molecular flexibility index (Phi) is 24.0. The van der Waals surface area contributed by atoms with Crippen molar-refractivity contribution in [1.29, 1.82) is 0 Å². The average molecular weight is 538 g/mol. The molecule has 0 aromatic rings. The Morgan fingerprint density at radius 3 is 1.18 bits per heavy atom. The molecule has 0 aromatic carbocycles. The van der Waals surface area contributed by atoms with Gasteiger partial charge in [0.15, 0.2) is 11.3 Å². The Morgan fingerprint density at radius 2 is 0.842 bits per heavy atom. The van der Waals surface area contributed by atoms with E-state index in [2.05, 4.69) is 13.8 Å². The largest absolute Gasteiger partial charge is 0.391 e. The van der Waals surface area contributed by atoms with Crippen molar-refractivity contribution in [3.05, 3.63) is 0 Å². The summed E-state index contributed by atoms with van der Waals surface area (Å²) in [5.74, 6) is -1.41. The third-order valence-corrected chi connectivity index (χ3v) is 8.03. The summed E-state index contributed by atoms with van der Waals surface area (Å²) in [4.78, 5) is 39.7. The van der Waals surface area contributed by atoms with Crippen LogP contribution in [0.2, 0.25) is 0 Å². The second-order valence-electron chi connectivity index (χ2n) is 11.7. The van der Waals surface area contributed by atoms with Crippen LogP contribution in [0.1, 0.15) is 175 Å². The van der Waals surface area contributed by atoms with Gasteiger partial charge in [0.25, 0.3) is 0 Å². The van der Waals surface area contributed by atoms with E-state index in [0.717, 1.165) is 38.5 Å². The lowest BCUT2D eigenvalue weighted by molar-refractivity contribution is -0.169. The van der Waals surface area contributed by atoms with Gasteiger partial charge in [-0.3, -0.25) is 14.5 Å². The maximum atomic E-state index is 13.0. The molecule has 224 valence electrons. The number of nitrogens with zero attached hydrogens (tertiary/aromatic N) is 1. The topological polar surface area (TPSA) is 63.7 Å². The van der Waals surface area contributed by atoms with E-state index < -0.39 is 17.5 Å². The lowest BCUT2D eigenvalue weighted by Gasteiger charge is -2.32. The van der Waals surface area contributed by atoms with Crippen LogP contribution in [0.15, 0.2) is 0 Å². The summed E-state index contributed by atoms with van der Waals surface area (Å²) in [7, 11) is 3.40. The highest BCUT2D eigenvalue weighted by atomic mass is 16.6. The molecule has 0 aliphatic carbocycles. The molecule has 5 nitrogen and oxygen atoms in total. The number of hydrogen-bond donors (Lipinski definition) is 0. The van der Waals surface area contributed by atoms with Gasteiger partial charge in [0.1, 0.15) is 0 Å². The van der Waals surface area contributed by atoms with Crippen LogP contribution in [0.4, 0.5) is 0 Å². The first kappa shape index (κ1) is 36.8. The van der Waals surface area contributed by atoms with E-state index in [1.165, 1.54) is 103 Å². The van der Waals surface area contributed by atoms with E-state index in [0.29, 0.717) is 6.42 Å². The van der Waals surface area contributed by atoms with Gasteiger partial charge in [0, 0.05) is 12.8 Å². The predicted octanol–water partition coefficient (Wildman–Crippen LogP) is 9.35. The molecule has 5 heteroatoms. The number of carbonyl (C=O) groups is 3. The Morgan fingerprint density at radius 1 is 0.526 bits per heavy atom. The SMILES string of the molecule is CCCCCCCCCCCCCC(=O)OC(=O)C(C)(C(=O)CCCCCCCCCCCCC)N(C)C. The van der Waals surface area contributed by atoms with Crippen molar-refractivity contribution in [3.63, 3.8) is 0 Å². The number of unbranched alkanes of at least 4 members (excludes halogenated alkanes) is 20. The maximum absolute atomic E-state index is 13.0. The van der Waals surface area contributed by atoms with Crippen molar-refractivity contribution >= 4 is 17.7 Å². The summed E-state index contributed by atoms with van der Waals surface area (Å²) >= 11 is 0. The van der Waals surface area contributed by atoms with Gasteiger partial charge < -0.3 is 4.74 Å². The second kappa shape index (κ2) is 24.8. The van der Waals surface area contributed by atoms with Crippen LogP contribution in [0, 0.1) is 0 Å². The molecule has 38 heavy (non-hydrogen) atoms. The fourth-order valence-corrected chi connectivity index (χ4v) is 4.93. The highest BCUT2D eigenvalue weighted by molar-refractivity contribution is 6.10. The molecule has 0 heterocycles. The number of carbonyl (C=O) groups excluding carboxylic acids is 3. The van der Waals surface area contributed by atoms with Gasteiger partial charge >= 0.3 is 11.9 Å². The van der Waals surface area contributed by atoms with Crippen molar-refractivity contribution in [2.45, 2.75) is 180 Å². The summed E-state index contributed by atoms with van der Waals surface area (Å²) in [5, 5.41) is 0. The number of ether oxygens (including phenoxy) is 1. The normalized spacial score (nSPS) is 13.0. The van der Waals surface area contributed by atoms with Crippen LogP contribution in [0.3, 0.4) is 0 Å². The number of Topliss-reactive ketones (excluding diaryl/α,β-unsaturated/α-hetero) is 1. The lowest BCUT2D eigenvalue weighted by Crippen LogP contribution is -2.56. The van der Waals surface area contributed by atoms with Crippen molar-refractivity contribution < 1.29 is 19.1 Å². The minimum atomic E-state index is -1.41. The molecule has 0 N–H and O–H groups in total. The van der Waals surface area contributed by atoms with Gasteiger partial charge in [-0.15, -0.1) is 0 Å². The Bertz CT molecular complexity index is 604. The Labute approximate surface area is 236 Å². The molecule has 0 fully saturated rings. The molecule has 0 aliphatic heterocycles. The van der Waals surface area contributed by atoms with Crippen LogP contribution in [-0.4, -0.2) is 42.3 Å². The second-order valence-corrected chi connectivity index (χ2v) is 11.7. The lowest BCUT2D eigenvalue weighted by atomic mass is 9.91. The van der Waals surface area contributed by atoms with Gasteiger partial charge in [0.2, 0.25) is 0 Å². The Balaban J connectivity index is 4.08. The number of rotatable bonds is 27. The van der Waals surface area contributed by atoms with Crippen LogP contribution < -0.4 is 0 Å². The Hall–Kier alpha value is -1.23. The van der Waals surface area contributed by atoms with Gasteiger partial charge in [-0.1, -0.05) is 142 Å². The van der Waals surface area contributed by atoms with Crippen molar-refractivity contribution in [2.24, 2.45) is 0 Å². The number of likely N-dealkylation sites (N-methyl/N-ethyl adjacent to an activating group) is 1. The fourth-order valence-electron chi connectivity index (χ4n) is 4.93. The third-order valence-electron chi connectivity index (χ3n) is 8.03. The molecular formula is C33H63NO4. The first-order valence-electron chi connectivity index (χ1n) is 16.3. The smallest absolute Gasteiger partial charge is 0.341 e. The molecule has 0 spiro atoms. The van der Waals surface area contributed by atoms with Crippen molar-refractivity contribution in [3.8, 4) is 0 Å². The van der Waals surface area contributed by atoms with Crippen LogP contribution in [-0.2, 0) is 19.1 Å². The van der Waals surface area contributed by atoms with Gasteiger partial charge in [0.05, 0.1) is 0 Å². The highest BCUT2D eigenvalue weighted by Crippen LogP contribution is 2.21. The first-order chi connectivity index (χ1) is 18.3.